The minimum Gasteiger partial charge on any atom is -0.406 e. The molecule has 0 unspecified atom stereocenters. The standard InChI is InChI=1S/C31H24F7NO3/c32-25-14-12-21(13-15-25)16-28(40)39-20-29(19-22-6-2-1-3-7-22,23-8-4-10-26(17-23)41-30(33,34)35)24-9-5-11-27(18-24)42-31(36,37)38/h1-15,17-18H,16,19-20H2,(H,39,40). The maximum Gasteiger partial charge on any atom is 0.573 e. The minimum absolute atomic E-state index is 0.0651. The van der Waals surface area contributed by atoms with E-state index in [1.54, 1.807) is 30.3 Å². The fraction of sp³-hybridized carbons (Fsp3) is 0.194. The second-order valence-electron chi connectivity index (χ2n) is 9.48. The second-order valence-corrected chi connectivity index (χ2v) is 9.48. The van der Waals surface area contributed by atoms with Crippen LogP contribution in [0.25, 0.3) is 0 Å². The van der Waals surface area contributed by atoms with Crippen molar-refractivity contribution in [2.75, 3.05) is 6.54 Å². The first kappa shape index (κ1) is 30.4. The van der Waals surface area contributed by atoms with Crippen LogP contribution in [0.3, 0.4) is 0 Å². The number of ether oxygens (including phenoxy) is 2. The zero-order chi connectivity index (χ0) is 30.4. The van der Waals surface area contributed by atoms with Gasteiger partial charge in [-0.2, -0.15) is 0 Å². The lowest BCUT2D eigenvalue weighted by atomic mass is 9.70. The third-order valence-corrected chi connectivity index (χ3v) is 6.45. The first-order chi connectivity index (χ1) is 19.8. The summed E-state index contributed by atoms with van der Waals surface area (Å²) >= 11 is 0. The largest absolute Gasteiger partial charge is 0.573 e. The highest BCUT2D eigenvalue weighted by molar-refractivity contribution is 5.78. The molecule has 0 atom stereocenters. The number of nitrogens with one attached hydrogen (secondary N) is 1. The Labute approximate surface area is 236 Å². The summed E-state index contributed by atoms with van der Waals surface area (Å²) in [6.45, 7) is -0.229. The number of carbonyl (C=O) groups excluding carboxylic acids is 1. The molecule has 1 N–H and O–H groups in total. The number of hydrogen-bond donors (Lipinski definition) is 1. The summed E-state index contributed by atoms with van der Waals surface area (Å²) in [5, 5.41) is 2.78. The zero-order valence-electron chi connectivity index (χ0n) is 21.8. The SMILES string of the molecule is O=C(Cc1ccc(F)cc1)NCC(Cc1ccccc1)(c1cccc(OC(F)(F)F)c1)c1cccc(OC(F)(F)F)c1. The molecule has 0 saturated heterocycles. The molecule has 42 heavy (non-hydrogen) atoms. The second kappa shape index (κ2) is 12.5. The Bertz CT molecular complexity index is 1430. The van der Waals surface area contributed by atoms with Gasteiger partial charge in [0.05, 0.1) is 6.42 Å². The number of alkyl halides is 6. The third-order valence-electron chi connectivity index (χ3n) is 6.45. The number of rotatable bonds is 10. The van der Waals surface area contributed by atoms with Crippen molar-refractivity contribution in [2.24, 2.45) is 0 Å². The Kier molecular flexibility index (Phi) is 9.08. The van der Waals surface area contributed by atoms with E-state index >= 15 is 0 Å². The zero-order valence-corrected chi connectivity index (χ0v) is 21.8. The van der Waals surface area contributed by atoms with Crippen LogP contribution in [0.2, 0.25) is 0 Å². The highest BCUT2D eigenvalue weighted by Gasteiger charge is 2.38. The first-order valence-electron chi connectivity index (χ1n) is 12.6. The average molecular weight is 592 g/mol. The first-order valence-corrected chi connectivity index (χ1v) is 12.6. The lowest BCUT2D eigenvalue weighted by Crippen LogP contribution is -2.44. The van der Waals surface area contributed by atoms with Crippen molar-refractivity contribution in [3.8, 4) is 11.5 Å². The Morgan fingerprint density at radius 1 is 0.643 bits per heavy atom. The average Bonchev–Trinajstić information content (AvgIpc) is 2.91. The van der Waals surface area contributed by atoms with Crippen molar-refractivity contribution in [3.05, 3.63) is 131 Å². The Balaban J connectivity index is 1.82. The van der Waals surface area contributed by atoms with Gasteiger partial charge in [-0.15, -0.1) is 26.3 Å². The summed E-state index contributed by atoms with van der Waals surface area (Å²) in [4.78, 5) is 13.0. The maximum absolute atomic E-state index is 13.3. The maximum atomic E-state index is 13.3. The van der Waals surface area contributed by atoms with E-state index in [0.29, 0.717) is 11.1 Å². The van der Waals surface area contributed by atoms with Crippen LogP contribution in [0.4, 0.5) is 30.7 Å². The molecule has 4 rings (SSSR count). The molecule has 0 aromatic heterocycles. The molecule has 0 aliphatic rings. The van der Waals surface area contributed by atoms with Gasteiger partial charge in [-0.3, -0.25) is 4.79 Å². The summed E-state index contributed by atoms with van der Waals surface area (Å²) in [7, 11) is 0. The van der Waals surface area contributed by atoms with Gasteiger partial charge in [0.25, 0.3) is 0 Å². The van der Waals surface area contributed by atoms with Gasteiger partial charge in [0.1, 0.15) is 17.3 Å². The molecule has 4 aromatic rings. The van der Waals surface area contributed by atoms with Gasteiger partial charge in [0.15, 0.2) is 0 Å². The minimum atomic E-state index is -5.00. The number of amides is 1. The molecule has 4 nitrogen and oxygen atoms in total. The van der Waals surface area contributed by atoms with E-state index in [2.05, 4.69) is 14.8 Å². The number of benzene rings is 4. The Hall–Kier alpha value is -4.54. The van der Waals surface area contributed by atoms with Crippen LogP contribution in [0.5, 0.6) is 11.5 Å². The molecule has 4 aromatic carbocycles. The summed E-state index contributed by atoms with van der Waals surface area (Å²) in [5.74, 6) is -2.07. The van der Waals surface area contributed by atoms with Gasteiger partial charge in [-0.05, 0) is 65.1 Å². The lowest BCUT2D eigenvalue weighted by molar-refractivity contribution is -0.275. The van der Waals surface area contributed by atoms with E-state index in [1.807, 2.05) is 0 Å². The normalized spacial score (nSPS) is 12.1. The van der Waals surface area contributed by atoms with E-state index in [0.717, 1.165) is 24.3 Å². The van der Waals surface area contributed by atoms with Crippen molar-refractivity contribution in [1.29, 1.82) is 0 Å². The van der Waals surface area contributed by atoms with E-state index in [4.69, 9.17) is 0 Å². The highest BCUT2D eigenvalue weighted by atomic mass is 19.4. The van der Waals surface area contributed by atoms with E-state index in [9.17, 15) is 35.5 Å². The van der Waals surface area contributed by atoms with E-state index < -0.39 is 41.4 Å². The smallest absolute Gasteiger partial charge is 0.406 e. The summed E-state index contributed by atoms with van der Waals surface area (Å²) in [5.41, 5.74) is 0.271. The Morgan fingerprint density at radius 3 is 1.67 bits per heavy atom. The number of carbonyl (C=O) groups is 1. The molecule has 11 heteroatoms. The van der Waals surface area contributed by atoms with Crippen molar-refractivity contribution < 1.29 is 45.0 Å². The third kappa shape index (κ3) is 8.48. The molecule has 0 fully saturated rings. The van der Waals surface area contributed by atoms with Crippen molar-refractivity contribution in [2.45, 2.75) is 31.0 Å². The van der Waals surface area contributed by atoms with Gasteiger partial charge in [-0.25, -0.2) is 4.39 Å². The van der Waals surface area contributed by atoms with E-state index in [-0.39, 0.29) is 30.5 Å². The van der Waals surface area contributed by atoms with Crippen molar-refractivity contribution in [1.82, 2.24) is 5.32 Å². The monoisotopic (exact) mass is 591 g/mol. The van der Waals surface area contributed by atoms with Crippen LogP contribution in [0, 0.1) is 5.82 Å². The van der Waals surface area contributed by atoms with Gasteiger partial charge in [-0.1, -0.05) is 66.7 Å². The van der Waals surface area contributed by atoms with Crippen LogP contribution in [-0.4, -0.2) is 25.2 Å². The summed E-state index contributed by atoms with van der Waals surface area (Å²) in [6, 6.07) is 24.1. The topological polar surface area (TPSA) is 47.6 Å². The molecule has 0 spiro atoms. The number of halogens is 7. The van der Waals surface area contributed by atoms with Gasteiger partial charge < -0.3 is 14.8 Å². The molecule has 0 aliphatic heterocycles. The van der Waals surface area contributed by atoms with Crippen LogP contribution in [-0.2, 0) is 23.1 Å². The lowest BCUT2D eigenvalue weighted by Gasteiger charge is -2.36. The van der Waals surface area contributed by atoms with Gasteiger partial charge in [0.2, 0.25) is 5.91 Å². The van der Waals surface area contributed by atoms with Crippen LogP contribution in [0.1, 0.15) is 22.3 Å². The van der Waals surface area contributed by atoms with E-state index in [1.165, 1.54) is 48.5 Å². The number of hydrogen-bond acceptors (Lipinski definition) is 3. The van der Waals surface area contributed by atoms with Crippen molar-refractivity contribution in [3.63, 3.8) is 0 Å². The molecule has 1 amide bonds. The predicted octanol–water partition coefficient (Wildman–Crippen LogP) is 7.51. The van der Waals surface area contributed by atoms with Gasteiger partial charge >= 0.3 is 12.7 Å². The van der Waals surface area contributed by atoms with Crippen LogP contribution >= 0.6 is 0 Å². The predicted molar refractivity (Wildman–Crippen MR) is 140 cm³/mol. The van der Waals surface area contributed by atoms with Crippen LogP contribution in [0.15, 0.2) is 103 Å². The fourth-order valence-corrected chi connectivity index (χ4v) is 4.66. The fourth-order valence-electron chi connectivity index (χ4n) is 4.66. The summed E-state index contributed by atoms with van der Waals surface area (Å²) in [6.07, 6.45) is -10.1. The molecular formula is C31H24F7NO3. The molecule has 0 aliphatic carbocycles. The van der Waals surface area contributed by atoms with Crippen LogP contribution < -0.4 is 14.8 Å². The van der Waals surface area contributed by atoms with Crippen molar-refractivity contribution >= 4 is 5.91 Å². The quantitative estimate of drug-likeness (QED) is 0.194. The highest BCUT2D eigenvalue weighted by Crippen LogP contribution is 2.40. The summed E-state index contributed by atoms with van der Waals surface area (Å²) < 4.78 is 100. The molecule has 0 radical (unpaired) electrons. The molecule has 0 bridgehead atoms. The molecule has 0 heterocycles. The Morgan fingerprint density at radius 2 is 1.17 bits per heavy atom. The molecule has 0 saturated carbocycles. The van der Waals surface area contributed by atoms with Gasteiger partial charge in [0, 0.05) is 12.0 Å². The molecular weight excluding hydrogens is 567 g/mol. The molecule has 220 valence electrons.